The first-order valence-corrected chi connectivity index (χ1v) is 6.25. The number of aliphatic hydroxyl groups is 1. The van der Waals surface area contributed by atoms with Gasteiger partial charge in [0.2, 0.25) is 0 Å². The highest BCUT2D eigenvalue weighted by Crippen LogP contribution is 2.22. The normalized spacial score (nSPS) is 12.0. The number of carbonyl (C=O) groups excluding carboxylic acids is 1. The van der Waals surface area contributed by atoms with Crippen LogP contribution >= 0.6 is 11.6 Å². The van der Waals surface area contributed by atoms with Crippen LogP contribution in [0, 0.1) is 6.92 Å². The van der Waals surface area contributed by atoms with Gasteiger partial charge in [0.25, 0.3) is 0 Å². The third-order valence-corrected chi connectivity index (χ3v) is 2.91. The predicted molar refractivity (Wildman–Crippen MR) is 71.9 cm³/mol. The minimum atomic E-state index is -0.776. The first-order chi connectivity index (χ1) is 8.54. The van der Waals surface area contributed by atoms with Crippen LogP contribution in [-0.4, -0.2) is 30.3 Å². The van der Waals surface area contributed by atoms with Gasteiger partial charge in [-0.05, 0) is 31.5 Å². The maximum absolute atomic E-state index is 11.2. The van der Waals surface area contributed by atoms with E-state index in [2.05, 4.69) is 5.32 Å². The molecule has 0 aliphatic heterocycles. The second kappa shape index (κ2) is 7.24. The maximum Gasteiger partial charge on any atom is 0.308 e. The molecule has 0 spiro atoms. The van der Waals surface area contributed by atoms with Crippen LogP contribution < -0.4 is 5.32 Å². The molecule has 1 aromatic rings. The highest BCUT2D eigenvalue weighted by molar-refractivity contribution is 6.31. The predicted octanol–water partition coefficient (Wildman–Crippen LogP) is 2.37. The van der Waals surface area contributed by atoms with E-state index in [0.29, 0.717) is 11.6 Å². The molecule has 0 fully saturated rings. The van der Waals surface area contributed by atoms with Crippen molar-refractivity contribution in [3.05, 3.63) is 28.8 Å². The highest BCUT2D eigenvalue weighted by atomic mass is 35.5. The first-order valence-electron chi connectivity index (χ1n) is 5.87. The van der Waals surface area contributed by atoms with Crippen molar-refractivity contribution in [1.29, 1.82) is 0 Å². The third-order valence-electron chi connectivity index (χ3n) is 2.50. The molecule has 0 saturated heterocycles. The Balaban J connectivity index is 2.45. The molecular formula is C13H18ClNO3. The van der Waals surface area contributed by atoms with Gasteiger partial charge in [0.05, 0.1) is 19.1 Å². The molecule has 18 heavy (non-hydrogen) atoms. The lowest BCUT2D eigenvalue weighted by Crippen LogP contribution is -2.24. The van der Waals surface area contributed by atoms with Crippen LogP contribution in [0.3, 0.4) is 0 Å². The number of anilines is 1. The third kappa shape index (κ3) is 4.55. The fourth-order valence-electron chi connectivity index (χ4n) is 1.51. The molecule has 0 saturated carbocycles. The highest BCUT2D eigenvalue weighted by Gasteiger charge is 2.12. The summed E-state index contributed by atoms with van der Waals surface area (Å²) in [5.74, 6) is -0.394. The fraction of sp³-hybridized carbons (Fsp3) is 0.462. The summed E-state index contributed by atoms with van der Waals surface area (Å²) in [5.41, 5.74) is 1.77. The van der Waals surface area contributed by atoms with Crippen LogP contribution in [0.15, 0.2) is 18.2 Å². The Bertz CT molecular complexity index is 409. The summed E-state index contributed by atoms with van der Waals surface area (Å²) in [6.07, 6.45) is -0.789. The van der Waals surface area contributed by atoms with Gasteiger partial charge in [-0.3, -0.25) is 4.79 Å². The Morgan fingerprint density at radius 2 is 2.28 bits per heavy atom. The SMILES string of the molecule is CCOC(=O)CC(O)CNc1cccc(Cl)c1C. The van der Waals surface area contributed by atoms with Crippen molar-refractivity contribution < 1.29 is 14.6 Å². The molecule has 1 aromatic carbocycles. The Labute approximate surface area is 112 Å². The molecule has 0 aliphatic carbocycles. The van der Waals surface area contributed by atoms with Crippen LogP contribution in [0.5, 0.6) is 0 Å². The summed E-state index contributed by atoms with van der Waals surface area (Å²) >= 11 is 5.98. The molecule has 0 heterocycles. The van der Waals surface area contributed by atoms with E-state index in [1.807, 2.05) is 19.1 Å². The first kappa shape index (κ1) is 14.8. The van der Waals surface area contributed by atoms with Gasteiger partial charge >= 0.3 is 5.97 Å². The minimum absolute atomic E-state index is 0.0134. The van der Waals surface area contributed by atoms with E-state index < -0.39 is 12.1 Å². The van der Waals surface area contributed by atoms with Crippen molar-refractivity contribution in [3.63, 3.8) is 0 Å². The summed E-state index contributed by atoms with van der Waals surface area (Å²) in [6.45, 7) is 4.23. The van der Waals surface area contributed by atoms with Gasteiger partial charge in [0, 0.05) is 17.3 Å². The smallest absolute Gasteiger partial charge is 0.308 e. The molecule has 0 bridgehead atoms. The zero-order valence-electron chi connectivity index (χ0n) is 10.6. The molecule has 1 atom stereocenters. The van der Waals surface area contributed by atoms with Crippen molar-refractivity contribution in [2.45, 2.75) is 26.4 Å². The number of hydrogen-bond donors (Lipinski definition) is 2. The van der Waals surface area contributed by atoms with E-state index in [9.17, 15) is 9.90 Å². The zero-order valence-corrected chi connectivity index (χ0v) is 11.3. The summed E-state index contributed by atoms with van der Waals surface area (Å²) in [4.78, 5) is 11.2. The van der Waals surface area contributed by atoms with Crippen LogP contribution in [0.1, 0.15) is 18.9 Å². The molecule has 1 rings (SSSR count). The number of benzene rings is 1. The second-order valence-corrected chi connectivity index (χ2v) is 4.36. The molecule has 4 nitrogen and oxygen atoms in total. The van der Waals surface area contributed by atoms with Crippen molar-refractivity contribution in [3.8, 4) is 0 Å². The number of carbonyl (C=O) groups is 1. The number of aliphatic hydroxyl groups excluding tert-OH is 1. The van der Waals surface area contributed by atoms with E-state index in [1.165, 1.54) is 0 Å². The lowest BCUT2D eigenvalue weighted by atomic mass is 10.2. The lowest BCUT2D eigenvalue weighted by Gasteiger charge is -2.14. The quantitative estimate of drug-likeness (QED) is 0.780. The molecular weight excluding hydrogens is 254 g/mol. The molecule has 2 N–H and O–H groups in total. The molecule has 0 aromatic heterocycles. The second-order valence-electron chi connectivity index (χ2n) is 3.96. The lowest BCUT2D eigenvalue weighted by molar-refractivity contribution is -0.145. The zero-order chi connectivity index (χ0) is 13.5. The Morgan fingerprint density at radius 1 is 1.56 bits per heavy atom. The fourth-order valence-corrected chi connectivity index (χ4v) is 1.69. The maximum atomic E-state index is 11.2. The topological polar surface area (TPSA) is 58.6 Å². The van der Waals surface area contributed by atoms with Crippen molar-refractivity contribution in [2.75, 3.05) is 18.5 Å². The van der Waals surface area contributed by atoms with E-state index >= 15 is 0 Å². The Morgan fingerprint density at radius 3 is 2.94 bits per heavy atom. The largest absolute Gasteiger partial charge is 0.466 e. The number of hydrogen-bond acceptors (Lipinski definition) is 4. The average molecular weight is 272 g/mol. The van der Waals surface area contributed by atoms with Crippen molar-refractivity contribution in [1.82, 2.24) is 0 Å². The molecule has 100 valence electrons. The van der Waals surface area contributed by atoms with Crippen LogP contribution in [0.25, 0.3) is 0 Å². The number of esters is 1. The molecule has 5 heteroatoms. The Hall–Kier alpha value is -1.26. The van der Waals surface area contributed by atoms with Gasteiger partial charge in [-0.25, -0.2) is 0 Å². The van der Waals surface area contributed by atoms with Crippen LogP contribution in [-0.2, 0) is 9.53 Å². The summed E-state index contributed by atoms with van der Waals surface area (Å²) in [5, 5.41) is 13.4. The van der Waals surface area contributed by atoms with Gasteiger partial charge in [0.15, 0.2) is 0 Å². The molecule has 0 radical (unpaired) electrons. The van der Waals surface area contributed by atoms with Gasteiger partial charge in [-0.1, -0.05) is 17.7 Å². The van der Waals surface area contributed by atoms with Crippen LogP contribution in [0.2, 0.25) is 5.02 Å². The van der Waals surface area contributed by atoms with Gasteiger partial charge < -0.3 is 15.2 Å². The Kier molecular flexibility index (Phi) is 5.95. The summed E-state index contributed by atoms with van der Waals surface area (Å²) < 4.78 is 4.76. The standard InChI is InChI=1S/C13H18ClNO3/c1-3-18-13(17)7-10(16)8-15-12-6-4-5-11(14)9(12)2/h4-6,10,15-16H,3,7-8H2,1-2H3. The van der Waals surface area contributed by atoms with E-state index in [4.69, 9.17) is 16.3 Å². The molecule has 1 unspecified atom stereocenters. The van der Waals surface area contributed by atoms with Gasteiger partial charge in [0.1, 0.15) is 0 Å². The minimum Gasteiger partial charge on any atom is -0.466 e. The van der Waals surface area contributed by atoms with Crippen molar-refractivity contribution in [2.24, 2.45) is 0 Å². The molecule has 0 amide bonds. The number of ether oxygens (including phenoxy) is 1. The average Bonchev–Trinajstić information content (AvgIpc) is 2.31. The monoisotopic (exact) mass is 271 g/mol. The molecule has 0 aliphatic rings. The number of halogens is 1. The van der Waals surface area contributed by atoms with Gasteiger partial charge in [-0.15, -0.1) is 0 Å². The number of rotatable bonds is 6. The van der Waals surface area contributed by atoms with E-state index in [0.717, 1.165) is 11.3 Å². The summed E-state index contributed by atoms with van der Waals surface area (Å²) in [6, 6.07) is 5.50. The van der Waals surface area contributed by atoms with E-state index in [1.54, 1.807) is 13.0 Å². The van der Waals surface area contributed by atoms with E-state index in [-0.39, 0.29) is 13.0 Å². The van der Waals surface area contributed by atoms with Crippen molar-refractivity contribution >= 4 is 23.3 Å². The number of nitrogens with one attached hydrogen (secondary N) is 1. The van der Waals surface area contributed by atoms with Gasteiger partial charge in [-0.2, -0.15) is 0 Å². The summed E-state index contributed by atoms with van der Waals surface area (Å²) in [7, 11) is 0. The van der Waals surface area contributed by atoms with Crippen LogP contribution in [0.4, 0.5) is 5.69 Å².